The largest absolute Gasteiger partial charge is 0.364 e. The van der Waals surface area contributed by atoms with E-state index in [1.807, 2.05) is 0 Å². The van der Waals surface area contributed by atoms with Crippen LogP contribution in [0.1, 0.15) is 17.2 Å². The Labute approximate surface area is 102 Å². The standard InChI is InChI=1S/C16H15N/c1-17-15-10-6-5-9-14(15)11-12-16(17)13-7-3-2-4-8-13/h2-12,16H,1H3. The summed E-state index contributed by atoms with van der Waals surface area (Å²) in [6, 6.07) is 19.5. The second-order valence-electron chi connectivity index (χ2n) is 4.38. The molecule has 0 bridgehead atoms. The highest BCUT2D eigenvalue weighted by Crippen LogP contribution is 2.34. The molecule has 84 valence electrons. The van der Waals surface area contributed by atoms with Crippen molar-refractivity contribution in [2.45, 2.75) is 6.04 Å². The molecule has 0 saturated carbocycles. The number of anilines is 1. The van der Waals surface area contributed by atoms with E-state index in [0.29, 0.717) is 6.04 Å². The quantitative estimate of drug-likeness (QED) is 0.706. The highest BCUT2D eigenvalue weighted by atomic mass is 15.1. The maximum absolute atomic E-state index is 2.32. The molecule has 1 unspecified atom stereocenters. The third-order valence-corrected chi connectivity index (χ3v) is 3.33. The van der Waals surface area contributed by atoms with Gasteiger partial charge in [0.2, 0.25) is 0 Å². The molecule has 0 aliphatic carbocycles. The van der Waals surface area contributed by atoms with Gasteiger partial charge in [0.15, 0.2) is 0 Å². The number of nitrogens with zero attached hydrogens (tertiary/aromatic N) is 1. The van der Waals surface area contributed by atoms with Crippen LogP contribution in [0.4, 0.5) is 5.69 Å². The van der Waals surface area contributed by atoms with Gasteiger partial charge in [-0.2, -0.15) is 0 Å². The highest BCUT2D eigenvalue weighted by molar-refractivity contribution is 5.72. The van der Waals surface area contributed by atoms with E-state index < -0.39 is 0 Å². The van der Waals surface area contributed by atoms with Gasteiger partial charge in [-0.05, 0) is 17.2 Å². The van der Waals surface area contributed by atoms with E-state index in [1.54, 1.807) is 0 Å². The molecule has 0 aromatic heterocycles. The van der Waals surface area contributed by atoms with Gasteiger partial charge in [-0.25, -0.2) is 0 Å². The van der Waals surface area contributed by atoms with Crippen molar-refractivity contribution < 1.29 is 0 Å². The molecule has 1 nitrogen and oxygen atoms in total. The molecule has 1 aliphatic heterocycles. The fourth-order valence-electron chi connectivity index (χ4n) is 2.41. The topological polar surface area (TPSA) is 3.24 Å². The van der Waals surface area contributed by atoms with Crippen LogP contribution in [-0.2, 0) is 0 Å². The summed E-state index contributed by atoms with van der Waals surface area (Å²) in [5.74, 6) is 0. The molecule has 3 rings (SSSR count). The molecule has 1 aliphatic rings. The first kappa shape index (κ1) is 10.2. The van der Waals surface area contributed by atoms with E-state index in [4.69, 9.17) is 0 Å². The summed E-state index contributed by atoms with van der Waals surface area (Å²) in [5, 5.41) is 0. The number of fused-ring (bicyclic) bond motifs is 1. The Morgan fingerprint density at radius 2 is 1.59 bits per heavy atom. The van der Waals surface area contributed by atoms with Gasteiger partial charge in [-0.3, -0.25) is 0 Å². The van der Waals surface area contributed by atoms with E-state index in [0.717, 1.165) is 0 Å². The molecule has 17 heavy (non-hydrogen) atoms. The normalized spacial score (nSPS) is 17.9. The van der Waals surface area contributed by atoms with Crippen LogP contribution < -0.4 is 4.90 Å². The average molecular weight is 221 g/mol. The molecule has 1 heteroatoms. The van der Waals surface area contributed by atoms with Crippen molar-refractivity contribution in [3.8, 4) is 0 Å². The summed E-state index contributed by atoms with van der Waals surface area (Å²) < 4.78 is 0. The van der Waals surface area contributed by atoms with Gasteiger partial charge >= 0.3 is 0 Å². The Bertz CT molecular complexity index is 542. The SMILES string of the molecule is CN1c2ccccc2C=CC1c1ccccc1. The summed E-state index contributed by atoms with van der Waals surface area (Å²) in [5.41, 5.74) is 3.92. The lowest BCUT2D eigenvalue weighted by molar-refractivity contribution is 0.805. The Balaban J connectivity index is 2.03. The first-order valence-corrected chi connectivity index (χ1v) is 5.91. The zero-order chi connectivity index (χ0) is 11.7. The number of para-hydroxylation sites is 1. The van der Waals surface area contributed by atoms with Crippen molar-refractivity contribution in [3.05, 3.63) is 71.8 Å². The number of benzene rings is 2. The molecule has 0 N–H and O–H groups in total. The molecular formula is C16H15N. The highest BCUT2D eigenvalue weighted by Gasteiger charge is 2.19. The number of hydrogen-bond donors (Lipinski definition) is 0. The van der Waals surface area contributed by atoms with Crippen LogP contribution >= 0.6 is 0 Å². The van der Waals surface area contributed by atoms with Crippen LogP contribution in [0.25, 0.3) is 6.08 Å². The monoisotopic (exact) mass is 221 g/mol. The van der Waals surface area contributed by atoms with Gasteiger partial charge in [0, 0.05) is 12.7 Å². The molecular weight excluding hydrogens is 206 g/mol. The third kappa shape index (κ3) is 1.74. The molecule has 1 heterocycles. The van der Waals surface area contributed by atoms with E-state index in [-0.39, 0.29) is 0 Å². The molecule has 0 fully saturated rings. The molecule has 0 amide bonds. The first-order chi connectivity index (χ1) is 8.36. The number of hydrogen-bond acceptors (Lipinski definition) is 1. The van der Waals surface area contributed by atoms with Gasteiger partial charge in [-0.1, -0.05) is 60.7 Å². The Morgan fingerprint density at radius 1 is 0.882 bits per heavy atom. The molecule has 2 aromatic carbocycles. The summed E-state index contributed by atoms with van der Waals surface area (Å²) >= 11 is 0. The van der Waals surface area contributed by atoms with Crippen LogP contribution in [0.15, 0.2) is 60.7 Å². The molecule has 1 atom stereocenters. The second-order valence-corrected chi connectivity index (χ2v) is 4.38. The van der Waals surface area contributed by atoms with Crippen LogP contribution in [0.3, 0.4) is 0 Å². The molecule has 0 saturated heterocycles. The maximum Gasteiger partial charge on any atom is 0.0726 e. The van der Waals surface area contributed by atoms with E-state index in [1.165, 1.54) is 16.8 Å². The molecule has 2 aromatic rings. The van der Waals surface area contributed by atoms with E-state index >= 15 is 0 Å². The maximum atomic E-state index is 2.32. The third-order valence-electron chi connectivity index (χ3n) is 3.33. The zero-order valence-electron chi connectivity index (χ0n) is 9.88. The fourth-order valence-corrected chi connectivity index (χ4v) is 2.41. The van der Waals surface area contributed by atoms with Gasteiger partial charge in [0.05, 0.1) is 6.04 Å². The van der Waals surface area contributed by atoms with Gasteiger partial charge < -0.3 is 4.90 Å². The van der Waals surface area contributed by atoms with Crippen molar-refractivity contribution >= 4 is 11.8 Å². The van der Waals surface area contributed by atoms with Crippen molar-refractivity contribution in [1.82, 2.24) is 0 Å². The van der Waals surface area contributed by atoms with Crippen LogP contribution in [0.5, 0.6) is 0 Å². The minimum absolute atomic E-state index is 0.339. The predicted molar refractivity (Wildman–Crippen MR) is 73.1 cm³/mol. The number of likely N-dealkylation sites (N-methyl/N-ethyl adjacent to an activating group) is 1. The Morgan fingerprint density at radius 3 is 2.41 bits per heavy atom. The van der Waals surface area contributed by atoms with Crippen LogP contribution in [-0.4, -0.2) is 7.05 Å². The summed E-state index contributed by atoms with van der Waals surface area (Å²) in [6.07, 6.45) is 4.48. The zero-order valence-corrected chi connectivity index (χ0v) is 9.88. The lowest BCUT2D eigenvalue weighted by Crippen LogP contribution is -2.25. The van der Waals surface area contributed by atoms with Crippen molar-refractivity contribution in [1.29, 1.82) is 0 Å². The van der Waals surface area contributed by atoms with Crippen LogP contribution in [0.2, 0.25) is 0 Å². The first-order valence-electron chi connectivity index (χ1n) is 5.91. The smallest absolute Gasteiger partial charge is 0.0726 e. The number of rotatable bonds is 1. The predicted octanol–water partition coefficient (Wildman–Crippen LogP) is 3.89. The van der Waals surface area contributed by atoms with Crippen LogP contribution in [0, 0.1) is 0 Å². The molecule has 0 spiro atoms. The van der Waals surface area contributed by atoms with Gasteiger partial charge in [0.25, 0.3) is 0 Å². The minimum atomic E-state index is 0.339. The van der Waals surface area contributed by atoms with E-state index in [9.17, 15) is 0 Å². The lowest BCUT2D eigenvalue weighted by atomic mass is 9.98. The average Bonchev–Trinajstić information content (AvgIpc) is 2.40. The van der Waals surface area contributed by atoms with Crippen molar-refractivity contribution in [2.24, 2.45) is 0 Å². The van der Waals surface area contributed by atoms with Crippen molar-refractivity contribution in [2.75, 3.05) is 11.9 Å². The summed E-state index contributed by atoms with van der Waals surface area (Å²) in [6.45, 7) is 0. The molecule has 0 radical (unpaired) electrons. The summed E-state index contributed by atoms with van der Waals surface area (Å²) in [4.78, 5) is 2.32. The van der Waals surface area contributed by atoms with Gasteiger partial charge in [0.1, 0.15) is 0 Å². The Hall–Kier alpha value is -2.02. The second kappa shape index (κ2) is 4.10. The lowest BCUT2D eigenvalue weighted by Gasteiger charge is -2.32. The van der Waals surface area contributed by atoms with Gasteiger partial charge in [-0.15, -0.1) is 0 Å². The Kier molecular flexibility index (Phi) is 2.45. The minimum Gasteiger partial charge on any atom is -0.364 e. The van der Waals surface area contributed by atoms with E-state index in [2.05, 4.69) is 78.7 Å². The summed E-state index contributed by atoms with van der Waals surface area (Å²) in [7, 11) is 2.15. The van der Waals surface area contributed by atoms with Crippen molar-refractivity contribution in [3.63, 3.8) is 0 Å². The fraction of sp³-hybridized carbons (Fsp3) is 0.125.